The largest absolute Gasteiger partial charge is 0.439 e. The minimum absolute atomic E-state index is 0.133. The monoisotopic (exact) mass is 289 g/mol. The molecule has 4 heteroatoms. The molecule has 0 N–H and O–H groups in total. The van der Waals surface area contributed by atoms with Gasteiger partial charge in [0.15, 0.2) is 0 Å². The van der Waals surface area contributed by atoms with Crippen LogP contribution >= 0.6 is 0 Å². The van der Waals surface area contributed by atoms with Gasteiger partial charge in [-0.1, -0.05) is 57.0 Å². The molecule has 0 aromatic heterocycles. The Morgan fingerprint density at radius 1 is 1.33 bits per heavy atom. The van der Waals surface area contributed by atoms with Gasteiger partial charge in [0.1, 0.15) is 6.10 Å². The Bertz CT molecular complexity index is 500. The van der Waals surface area contributed by atoms with Gasteiger partial charge in [-0.05, 0) is 18.4 Å². The third-order valence-electron chi connectivity index (χ3n) is 3.97. The van der Waals surface area contributed by atoms with E-state index in [1.807, 2.05) is 44.2 Å². The lowest BCUT2D eigenvalue weighted by molar-refractivity contribution is -0.130. The molecule has 0 radical (unpaired) electrons. The highest BCUT2D eigenvalue weighted by atomic mass is 16.6. The summed E-state index contributed by atoms with van der Waals surface area (Å²) >= 11 is 0. The Morgan fingerprint density at radius 3 is 2.62 bits per heavy atom. The molecular weight excluding hydrogens is 266 g/mol. The van der Waals surface area contributed by atoms with Crippen molar-refractivity contribution in [2.24, 2.45) is 5.92 Å². The van der Waals surface area contributed by atoms with Gasteiger partial charge >= 0.3 is 6.09 Å². The molecule has 114 valence electrons. The number of imide groups is 1. The zero-order valence-corrected chi connectivity index (χ0v) is 12.9. The van der Waals surface area contributed by atoms with Crippen LogP contribution in [0.4, 0.5) is 4.79 Å². The van der Waals surface area contributed by atoms with E-state index in [-0.39, 0.29) is 18.1 Å². The molecule has 1 unspecified atom stereocenters. The molecule has 4 nitrogen and oxygen atoms in total. The van der Waals surface area contributed by atoms with E-state index in [9.17, 15) is 9.59 Å². The van der Waals surface area contributed by atoms with Crippen molar-refractivity contribution in [2.75, 3.05) is 0 Å². The molecule has 1 heterocycles. The van der Waals surface area contributed by atoms with Gasteiger partial charge in [-0.25, -0.2) is 9.69 Å². The van der Waals surface area contributed by atoms with Crippen molar-refractivity contribution in [1.29, 1.82) is 0 Å². The van der Waals surface area contributed by atoms with Gasteiger partial charge in [0.25, 0.3) is 0 Å². The lowest BCUT2D eigenvalue weighted by Crippen LogP contribution is -2.38. The minimum Gasteiger partial charge on any atom is -0.439 e. The molecular formula is C17H23NO3. The van der Waals surface area contributed by atoms with Crippen LogP contribution in [-0.4, -0.2) is 22.9 Å². The Labute approximate surface area is 126 Å². The van der Waals surface area contributed by atoms with Crippen LogP contribution in [0.5, 0.6) is 0 Å². The molecule has 1 fully saturated rings. The van der Waals surface area contributed by atoms with Crippen molar-refractivity contribution < 1.29 is 14.3 Å². The van der Waals surface area contributed by atoms with Crippen LogP contribution in [0.1, 0.15) is 51.7 Å². The number of carbonyl (C=O) groups excluding carboxylic acids is 2. The first-order valence-corrected chi connectivity index (χ1v) is 7.62. The Morgan fingerprint density at radius 2 is 2.00 bits per heavy atom. The van der Waals surface area contributed by atoms with E-state index in [2.05, 4.69) is 6.92 Å². The summed E-state index contributed by atoms with van der Waals surface area (Å²) in [6, 6.07) is 9.30. The summed E-state index contributed by atoms with van der Waals surface area (Å²) in [4.78, 5) is 25.7. The number of hydrogen-bond acceptors (Lipinski definition) is 3. The van der Waals surface area contributed by atoms with Crippen molar-refractivity contribution in [2.45, 2.75) is 52.2 Å². The molecule has 21 heavy (non-hydrogen) atoms. The SMILES string of the molecule is CCCC(C)CC(=O)N1C(=O)O[C@H](c2ccccc2)[C@H]1C. The number of carbonyl (C=O) groups is 2. The number of rotatable bonds is 5. The van der Waals surface area contributed by atoms with Crippen LogP contribution in [0, 0.1) is 5.92 Å². The number of hydrogen-bond donors (Lipinski definition) is 0. The number of benzene rings is 1. The summed E-state index contributed by atoms with van der Waals surface area (Å²) in [7, 11) is 0. The topological polar surface area (TPSA) is 46.6 Å². The second-order valence-electron chi connectivity index (χ2n) is 5.82. The zero-order chi connectivity index (χ0) is 15.4. The number of amides is 2. The van der Waals surface area contributed by atoms with Crippen LogP contribution in [0.2, 0.25) is 0 Å². The first kappa shape index (κ1) is 15.5. The van der Waals surface area contributed by atoms with Gasteiger partial charge < -0.3 is 4.74 Å². The maximum atomic E-state index is 12.4. The molecule has 0 aliphatic carbocycles. The summed E-state index contributed by atoms with van der Waals surface area (Å²) in [5.41, 5.74) is 0.926. The molecule has 1 aromatic rings. The van der Waals surface area contributed by atoms with Crippen LogP contribution in [0.25, 0.3) is 0 Å². The van der Waals surface area contributed by atoms with E-state index < -0.39 is 6.09 Å². The second-order valence-corrected chi connectivity index (χ2v) is 5.82. The van der Waals surface area contributed by atoms with Crippen LogP contribution in [-0.2, 0) is 9.53 Å². The van der Waals surface area contributed by atoms with E-state index in [0.717, 1.165) is 18.4 Å². The Hall–Kier alpha value is -1.84. The molecule has 1 aliphatic heterocycles. The van der Waals surface area contributed by atoms with Gasteiger partial charge in [-0.15, -0.1) is 0 Å². The zero-order valence-electron chi connectivity index (χ0n) is 12.9. The first-order chi connectivity index (χ1) is 10.0. The maximum absolute atomic E-state index is 12.4. The minimum atomic E-state index is -0.523. The normalized spacial score (nSPS) is 23.0. The quantitative estimate of drug-likeness (QED) is 0.825. The third kappa shape index (κ3) is 3.43. The van der Waals surface area contributed by atoms with E-state index in [1.165, 1.54) is 4.90 Å². The van der Waals surface area contributed by atoms with Crippen LogP contribution in [0.15, 0.2) is 30.3 Å². The summed E-state index contributed by atoms with van der Waals surface area (Å²) in [6.07, 6.45) is 1.54. The molecule has 0 bridgehead atoms. The highest BCUT2D eigenvalue weighted by Crippen LogP contribution is 2.33. The van der Waals surface area contributed by atoms with Crippen molar-refractivity contribution in [3.05, 3.63) is 35.9 Å². The van der Waals surface area contributed by atoms with Crippen molar-refractivity contribution in [3.63, 3.8) is 0 Å². The molecule has 1 aromatic carbocycles. The van der Waals surface area contributed by atoms with Gasteiger partial charge in [-0.2, -0.15) is 0 Å². The van der Waals surface area contributed by atoms with E-state index in [0.29, 0.717) is 12.3 Å². The summed E-state index contributed by atoms with van der Waals surface area (Å²) in [5.74, 6) is 0.158. The Balaban J connectivity index is 2.08. The highest BCUT2D eigenvalue weighted by Gasteiger charge is 2.43. The van der Waals surface area contributed by atoms with Gasteiger partial charge in [0, 0.05) is 6.42 Å². The van der Waals surface area contributed by atoms with Crippen molar-refractivity contribution in [1.82, 2.24) is 4.90 Å². The lowest BCUT2D eigenvalue weighted by Gasteiger charge is -2.20. The summed E-state index contributed by atoms with van der Waals surface area (Å²) < 4.78 is 5.40. The predicted molar refractivity (Wildman–Crippen MR) is 80.7 cm³/mol. The fraction of sp³-hybridized carbons (Fsp3) is 0.529. The average Bonchev–Trinajstić information content (AvgIpc) is 2.75. The van der Waals surface area contributed by atoms with Crippen LogP contribution in [0.3, 0.4) is 0 Å². The van der Waals surface area contributed by atoms with Crippen LogP contribution < -0.4 is 0 Å². The van der Waals surface area contributed by atoms with Crippen molar-refractivity contribution >= 4 is 12.0 Å². The molecule has 3 atom stereocenters. The maximum Gasteiger partial charge on any atom is 0.417 e. The molecule has 2 rings (SSSR count). The predicted octanol–water partition coefficient (Wildman–Crippen LogP) is 3.92. The molecule has 1 aliphatic rings. The van der Waals surface area contributed by atoms with E-state index >= 15 is 0 Å². The van der Waals surface area contributed by atoms with Gasteiger partial charge in [0.05, 0.1) is 6.04 Å². The van der Waals surface area contributed by atoms with Gasteiger partial charge in [0.2, 0.25) is 5.91 Å². The summed E-state index contributed by atoms with van der Waals surface area (Å²) in [6.45, 7) is 6.01. The third-order valence-corrected chi connectivity index (χ3v) is 3.97. The second kappa shape index (κ2) is 6.74. The smallest absolute Gasteiger partial charge is 0.417 e. The van der Waals surface area contributed by atoms with Crippen molar-refractivity contribution in [3.8, 4) is 0 Å². The summed E-state index contributed by atoms with van der Waals surface area (Å²) in [5, 5.41) is 0. The number of cyclic esters (lactones) is 1. The lowest BCUT2D eigenvalue weighted by atomic mass is 10.00. The molecule has 0 spiro atoms. The van der Waals surface area contributed by atoms with Gasteiger partial charge in [-0.3, -0.25) is 4.79 Å². The van der Waals surface area contributed by atoms with E-state index in [1.54, 1.807) is 0 Å². The standard InChI is InChI=1S/C17H23NO3/c1-4-8-12(2)11-15(19)18-13(3)16(21-17(18)20)14-9-6-5-7-10-14/h5-7,9-10,12-13,16H,4,8,11H2,1-3H3/t12?,13-,16+/m1/s1. The molecule has 2 amide bonds. The fourth-order valence-electron chi connectivity index (χ4n) is 2.88. The van der Waals surface area contributed by atoms with E-state index in [4.69, 9.17) is 4.74 Å². The molecule has 0 saturated carbocycles. The molecule has 1 saturated heterocycles. The fourth-order valence-corrected chi connectivity index (χ4v) is 2.88. The Kier molecular flexibility index (Phi) is 4.99. The number of ether oxygens (including phenoxy) is 1. The highest BCUT2D eigenvalue weighted by molar-refractivity contribution is 5.93. The first-order valence-electron chi connectivity index (χ1n) is 7.62. The average molecular weight is 289 g/mol. The number of nitrogens with zero attached hydrogens (tertiary/aromatic N) is 1.